The molecule has 0 atom stereocenters. The number of hydrazine groups is 1. The molecule has 2 aromatic rings. The first-order chi connectivity index (χ1) is 7.81. The van der Waals surface area contributed by atoms with Crippen LogP contribution in [0.3, 0.4) is 0 Å². The maximum atomic E-state index is 11.3. The third kappa shape index (κ3) is 2.43. The van der Waals surface area contributed by atoms with Crippen molar-refractivity contribution in [2.24, 2.45) is 5.84 Å². The Hall–Kier alpha value is -1.31. The highest BCUT2D eigenvalue weighted by Gasteiger charge is 2.13. The van der Waals surface area contributed by atoms with Gasteiger partial charge in [-0.1, -0.05) is 11.8 Å². The van der Waals surface area contributed by atoms with Crippen LogP contribution in [-0.2, 0) is 5.75 Å². The van der Waals surface area contributed by atoms with Crippen LogP contribution in [0.5, 0.6) is 0 Å². The molecule has 0 fully saturated rings. The summed E-state index contributed by atoms with van der Waals surface area (Å²) in [5.41, 5.74) is 2.54. The second-order valence-corrected chi connectivity index (χ2v) is 4.93. The third-order valence-electron chi connectivity index (χ3n) is 1.86. The van der Waals surface area contributed by atoms with E-state index in [-0.39, 0.29) is 5.91 Å². The molecule has 0 radical (unpaired) electrons. The minimum absolute atomic E-state index is 0.344. The van der Waals surface area contributed by atoms with Gasteiger partial charge in [0, 0.05) is 11.6 Å². The van der Waals surface area contributed by atoms with E-state index in [1.807, 2.05) is 5.38 Å². The van der Waals surface area contributed by atoms with Gasteiger partial charge in [0.05, 0.1) is 17.6 Å². The number of furan rings is 1. The fourth-order valence-electron chi connectivity index (χ4n) is 1.14. The molecule has 0 unspecified atom stereocenters. The zero-order chi connectivity index (χ0) is 11.4. The Kier molecular flexibility index (Phi) is 3.60. The summed E-state index contributed by atoms with van der Waals surface area (Å²) in [7, 11) is 0. The van der Waals surface area contributed by atoms with Crippen molar-refractivity contribution in [2.45, 2.75) is 10.1 Å². The molecule has 0 aromatic carbocycles. The van der Waals surface area contributed by atoms with Gasteiger partial charge in [-0.3, -0.25) is 10.2 Å². The Morgan fingerprint density at radius 1 is 1.69 bits per heavy atom. The molecule has 1 amide bonds. The fourth-order valence-corrected chi connectivity index (χ4v) is 2.73. The van der Waals surface area contributed by atoms with Gasteiger partial charge in [0.25, 0.3) is 5.91 Å². The van der Waals surface area contributed by atoms with E-state index >= 15 is 0 Å². The first kappa shape index (κ1) is 11.2. The topological polar surface area (TPSA) is 81.1 Å². The van der Waals surface area contributed by atoms with Gasteiger partial charge < -0.3 is 4.42 Å². The molecule has 2 rings (SSSR count). The molecule has 0 saturated carbocycles. The van der Waals surface area contributed by atoms with Gasteiger partial charge in [-0.15, -0.1) is 11.3 Å². The van der Waals surface area contributed by atoms with E-state index in [0.717, 1.165) is 4.34 Å². The number of rotatable bonds is 4. The molecular weight excluding hydrogens is 246 g/mol. The summed E-state index contributed by atoms with van der Waals surface area (Å²) in [6.45, 7) is 0. The highest BCUT2D eigenvalue weighted by Crippen LogP contribution is 2.26. The number of carbonyl (C=O) groups is 1. The van der Waals surface area contributed by atoms with Crippen LogP contribution in [0.15, 0.2) is 32.7 Å². The largest absolute Gasteiger partial charge is 0.468 e. The predicted octanol–water partition coefficient (Wildman–Crippen LogP) is 1.63. The number of aromatic nitrogens is 1. The number of thiazole rings is 1. The second kappa shape index (κ2) is 5.15. The SMILES string of the molecule is NNC(=O)c1ccoc1CSc1nccs1. The number of nitrogens with one attached hydrogen (secondary N) is 1. The zero-order valence-corrected chi connectivity index (χ0v) is 9.81. The standard InChI is InChI=1S/C9H9N3O2S2/c10-12-8(13)6-1-3-14-7(6)5-16-9-11-2-4-15-9/h1-4H,5,10H2,(H,12,13). The lowest BCUT2D eigenvalue weighted by Gasteiger charge is -1.99. The van der Waals surface area contributed by atoms with Crippen LogP contribution in [0.4, 0.5) is 0 Å². The van der Waals surface area contributed by atoms with Crippen LogP contribution in [0, 0.1) is 0 Å². The number of nitrogens with zero attached hydrogens (tertiary/aromatic N) is 1. The zero-order valence-electron chi connectivity index (χ0n) is 8.17. The van der Waals surface area contributed by atoms with E-state index in [4.69, 9.17) is 10.3 Å². The summed E-state index contributed by atoms with van der Waals surface area (Å²) >= 11 is 3.07. The second-order valence-electron chi connectivity index (χ2n) is 2.82. The van der Waals surface area contributed by atoms with Crippen molar-refractivity contribution in [1.29, 1.82) is 0 Å². The first-order valence-electron chi connectivity index (χ1n) is 4.41. The Morgan fingerprint density at radius 3 is 3.25 bits per heavy atom. The van der Waals surface area contributed by atoms with Crippen LogP contribution in [-0.4, -0.2) is 10.9 Å². The van der Waals surface area contributed by atoms with Gasteiger partial charge in [-0.2, -0.15) is 0 Å². The summed E-state index contributed by atoms with van der Waals surface area (Å²) in [6.07, 6.45) is 3.21. The molecule has 0 aliphatic heterocycles. The van der Waals surface area contributed by atoms with Crippen molar-refractivity contribution in [3.8, 4) is 0 Å². The Labute approximate surface area is 100 Å². The van der Waals surface area contributed by atoms with Crippen LogP contribution in [0.1, 0.15) is 16.1 Å². The molecule has 0 saturated heterocycles. The number of nitrogens with two attached hydrogens (primary N) is 1. The van der Waals surface area contributed by atoms with Crippen molar-refractivity contribution in [1.82, 2.24) is 10.4 Å². The van der Waals surface area contributed by atoms with Crippen molar-refractivity contribution >= 4 is 29.0 Å². The van der Waals surface area contributed by atoms with Gasteiger partial charge in [0.15, 0.2) is 0 Å². The molecule has 7 heteroatoms. The summed E-state index contributed by atoms with van der Waals surface area (Å²) in [5, 5.41) is 1.90. The quantitative estimate of drug-likeness (QED) is 0.375. The maximum absolute atomic E-state index is 11.3. The molecular formula is C9H9N3O2S2. The van der Waals surface area contributed by atoms with E-state index in [1.54, 1.807) is 23.6 Å². The Bertz CT molecular complexity index is 467. The van der Waals surface area contributed by atoms with Crippen molar-refractivity contribution in [2.75, 3.05) is 0 Å². The molecule has 5 nitrogen and oxygen atoms in total. The third-order valence-corrected chi connectivity index (χ3v) is 3.82. The molecule has 2 aromatic heterocycles. The highest BCUT2D eigenvalue weighted by atomic mass is 32.2. The summed E-state index contributed by atoms with van der Waals surface area (Å²) < 4.78 is 6.17. The summed E-state index contributed by atoms with van der Waals surface area (Å²) in [5.74, 6) is 5.88. The molecule has 16 heavy (non-hydrogen) atoms. The fraction of sp³-hybridized carbons (Fsp3) is 0.111. The molecule has 0 aliphatic rings. The lowest BCUT2D eigenvalue weighted by molar-refractivity contribution is 0.0952. The number of hydrogen-bond acceptors (Lipinski definition) is 6. The van der Waals surface area contributed by atoms with E-state index in [1.165, 1.54) is 18.0 Å². The van der Waals surface area contributed by atoms with Gasteiger partial charge in [-0.05, 0) is 6.07 Å². The van der Waals surface area contributed by atoms with Crippen LogP contribution in [0.2, 0.25) is 0 Å². The molecule has 0 aliphatic carbocycles. The van der Waals surface area contributed by atoms with E-state index in [2.05, 4.69) is 10.4 Å². The smallest absolute Gasteiger partial charge is 0.268 e. The molecule has 2 heterocycles. The first-order valence-corrected chi connectivity index (χ1v) is 6.27. The normalized spacial score (nSPS) is 10.3. The Balaban J connectivity index is 2.04. The number of amides is 1. The van der Waals surface area contributed by atoms with Crippen LogP contribution >= 0.6 is 23.1 Å². The molecule has 84 valence electrons. The predicted molar refractivity (Wildman–Crippen MR) is 62.0 cm³/mol. The van der Waals surface area contributed by atoms with E-state index in [9.17, 15) is 4.79 Å². The minimum atomic E-state index is -0.344. The van der Waals surface area contributed by atoms with E-state index in [0.29, 0.717) is 17.1 Å². The number of thioether (sulfide) groups is 1. The molecule has 0 bridgehead atoms. The maximum Gasteiger partial charge on any atom is 0.268 e. The van der Waals surface area contributed by atoms with Gasteiger partial charge in [0.1, 0.15) is 10.1 Å². The molecule has 3 N–H and O–H groups in total. The summed E-state index contributed by atoms with van der Waals surface area (Å²) in [6, 6.07) is 1.60. The average molecular weight is 255 g/mol. The van der Waals surface area contributed by atoms with Gasteiger partial charge in [0.2, 0.25) is 0 Å². The van der Waals surface area contributed by atoms with Crippen LogP contribution < -0.4 is 11.3 Å². The van der Waals surface area contributed by atoms with Gasteiger partial charge >= 0.3 is 0 Å². The van der Waals surface area contributed by atoms with E-state index < -0.39 is 0 Å². The van der Waals surface area contributed by atoms with Gasteiger partial charge in [-0.25, -0.2) is 10.8 Å². The average Bonchev–Trinajstić information content (AvgIpc) is 2.96. The summed E-state index contributed by atoms with van der Waals surface area (Å²) in [4.78, 5) is 15.5. The number of carbonyl (C=O) groups excluding carboxylic acids is 1. The van der Waals surface area contributed by atoms with Crippen LogP contribution in [0.25, 0.3) is 0 Å². The Morgan fingerprint density at radius 2 is 2.56 bits per heavy atom. The van der Waals surface area contributed by atoms with Crippen molar-refractivity contribution < 1.29 is 9.21 Å². The number of nitrogen functional groups attached to an aromatic ring is 1. The van der Waals surface area contributed by atoms with Crippen molar-refractivity contribution in [3.05, 3.63) is 35.2 Å². The number of hydrogen-bond donors (Lipinski definition) is 2. The minimum Gasteiger partial charge on any atom is -0.468 e. The monoisotopic (exact) mass is 255 g/mol. The highest BCUT2D eigenvalue weighted by molar-refractivity contribution is 8.00. The lowest BCUT2D eigenvalue weighted by atomic mass is 10.2. The van der Waals surface area contributed by atoms with Crippen molar-refractivity contribution in [3.63, 3.8) is 0 Å². The molecule has 0 spiro atoms. The lowest BCUT2D eigenvalue weighted by Crippen LogP contribution is -2.30.